The van der Waals surface area contributed by atoms with E-state index in [1.165, 1.54) is 11.0 Å². The first-order chi connectivity index (χ1) is 11.8. The molecule has 10 nitrogen and oxygen atoms in total. The Hall–Kier alpha value is -3.01. The van der Waals surface area contributed by atoms with Gasteiger partial charge in [0.15, 0.2) is 6.61 Å². The molecule has 1 aromatic carbocycles. The summed E-state index contributed by atoms with van der Waals surface area (Å²) in [7, 11) is 0. The maximum atomic E-state index is 11.7. The van der Waals surface area contributed by atoms with E-state index < -0.39 is 16.8 Å². The number of halogens is 1. The van der Waals surface area contributed by atoms with Gasteiger partial charge in [-0.05, 0) is 42.5 Å². The van der Waals surface area contributed by atoms with Gasteiger partial charge in [-0.3, -0.25) is 4.79 Å². The summed E-state index contributed by atoms with van der Waals surface area (Å²) < 4.78 is 6.59. The summed E-state index contributed by atoms with van der Waals surface area (Å²) in [5.41, 5.74) is 3.66. The zero-order valence-corrected chi connectivity index (χ0v) is 14.2. The van der Waals surface area contributed by atoms with E-state index in [-0.39, 0.29) is 13.2 Å². The maximum absolute atomic E-state index is 11.7. The van der Waals surface area contributed by atoms with Gasteiger partial charge in [-0.2, -0.15) is 9.78 Å². The van der Waals surface area contributed by atoms with Crippen LogP contribution in [0, 0.1) is 17.0 Å². The van der Waals surface area contributed by atoms with E-state index in [4.69, 9.17) is 16.3 Å². The third kappa shape index (κ3) is 5.53. The number of carbonyl (C=O) groups is 1. The Balaban J connectivity index is 1.81. The first kappa shape index (κ1) is 18.3. The highest BCUT2D eigenvalue weighted by Crippen LogP contribution is 2.20. The number of nitro groups is 1. The van der Waals surface area contributed by atoms with E-state index in [0.717, 1.165) is 5.56 Å². The number of benzene rings is 1. The van der Waals surface area contributed by atoms with Gasteiger partial charge in [0.1, 0.15) is 5.75 Å². The summed E-state index contributed by atoms with van der Waals surface area (Å²) in [6.45, 7) is 3.40. The minimum Gasteiger partial charge on any atom is -0.484 e. The van der Waals surface area contributed by atoms with Crippen molar-refractivity contribution in [1.29, 1.82) is 0 Å². The number of hydrazone groups is 1. The number of amides is 1. The summed E-state index contributed by atoms with van der Waals surface area (Å²) in [5, 5.41) is 18.6. The molecule has 0 atom stereocenters. The van der Waals surface area contributed by atoms with E-state index in [1.807, 2.05) is 6.92 Å². The Morgan fingerprint density at radius 3 is 2.92 bits per heavy atom. The summed E-state index contributed by atoms with van der Waals surface area (Å²) in [5.74, 6) is -0.423. The Bertz CT molecular complexity index is 819. The molecular weight excluding hydrogens is 352 g/mol. The van der Waals surface area contributed by atoms with Crippen molar-refractivity contribution in [1.82, 2.24) is 20.2 Å². The molecular formula is C14H15ClN6O4. The van der Waals surface area contributed by atoms with Gasteiger partial charge in [-0.15, -0.1) is 0 Å². The lowest BCUT2D eigenvalue weighted by Crippen LogP contribution is -2.26. The summed E-state index contributed by atoms with van der Waals surface area (Å²) >= 11 is 5.91. The molecule has 0 saturated heterocycles. The van der Waals surface area contributed by atoms with Crippen LogP contribution in [0.5, 0.6) is 5.75 Å². The van der Waals surface area contributed by atoms with Crippen LogP contribution in [-0.4, -0.2) is 37.9 Å². The quantitative estimate of drug-likeness (QED) is 0.452. The molecule has 11 heteroatoms. The lowest BCUT2D eigenvalue weighted by molar-refractivity contribution is -0.394. The number of aromatic nitrogens is 3. The normalized spacial score (nSPS) is 11.2. The van der Waals surface area contributed by atoms with Crippen LogP contribution >= 0.6 is 11.6 Å². The van der Waals surface area contributed by atoms with Crippen LogP contribution < -0.4 is 10.2 Å². The molecule has 1 heterocycles. The molecule has 0 saturated carbocycles. The fraction of sp³-hybridized carbons (Fsp3) is 0.286. The molecule has 132 valence electrons. The summed E-state index contributed by atoms with van der Waals surface area (Å²) in [4.78, 5) is 25.1. The number of carbonyl (C=O) groups excluding carboxylic acids is 1. The number of nitrogens with zero attached hydrogens (tertiary/aromatic N) is 5. The molecule has 2 aromatic rings. The van der Waals surface area contributed by atoms with Gasteiger partial charge in [0.25, 0.3) is 5.91 Å². The first-order valence-corrected chi connectivity index (χ1v) is 7.47. The van der Waals surface area contributed by atoms with Crippen molar-refractivity contribution in [2.24, 2.45) is 5.10 Å². The van der Waals surface area contributed by atoms with Crippen LogP contribution in [0.25, 0.3) is 0 Å². The Labute approximate surface area is 147 Å². The van der Waals surface area contributed by atoms with E-state index in [0.29, 0.717) is 16.5 Å². The van der Waals surface area contributed by atoms with Crippen LogP contribution in [0.1, 0.15) is 12.5 Å². The lowest BCUT2D eigenvalue weighted by Gasteiger charge is -2.07. The molecule has 2 rings (SSSR count). The van der Waals surface area contributed by atoms with Crippen molar-refractivity contribution >= 4 is 29.2 Å². The van der Waals surface area contributed by atoms with Crippen molar-refractivity contribution in [3.63, 3.8) is 0 Å². The van der Waals surface area contributed by atoms with Crippen molar-refractivity contribution in [2.45, 2.75) is 20.4 Å². The topological polar surface area (TPSA) is 125 Å². The highest BCUT2D eigenvalue weighted by molar-refractivity contribution is 6.31. The fourth-order valence-corrected chi connectivity index (χ4v) is 1.88. The van der Waals surface area contributed by atoms with Crippen molar-refractivity contribution in [3.8, 4) is 5.75 Å². The number of ether oxygens (including phenoxy) is 1. The van der Waals surface area contributed by atoms with Crippen LogP contribution in [0.4, 0.5) is 5.95 Å². The molecule has 0 fully saturated rings. The molecule has 0 bridgehead atoms. The zero-order chi connectivity index (χ0) is 18.4. The molecule has 0 aliphatic rings. The van der Waals surface area contributed by atoms with Crippen molar-refractivity contribution in [3.05, 3.63) is 45.2 Å². The maximum Gasteiger partial charge on any atom is 0.490 e. The number of hydrogen-bond donors (Lipinski definition) is 1. The predicted molar refractivity (Wildman–Crippen MR) is 89.6 cm³/mol. The monoisotopic (exact) mass is 366 g/mol. The highest BCUT2D eigenvalue weighted by atomic mass is 35.5. The molecule has 1 amide bonds. The number of aryl methyl sites for hydroxylation is 1. The number of nitrogens with one attached hydrogen (secondary N) is 1. The summed E-state index contributed by atoms with van der Waals surface area (Å²) in [6, 6.07) is 5.07. The van der Waals surface area contributed by atoms with Crippen molar-refractivity contribution < 1.29 is 14.5 Å². The van der Waals surface area contributed by atoms with Gasteiger partial charge in [-0.25, -0.2) is 5.43 Å². The molecule has 0 aliphatic heterocycles. The second-order valence-corrected chi connectivity index (χ2v) is 5.49. The standard InChI is InChI=1S/C14H15ClN6O4/c1-9-5-11(3-4-12(9)15)25-7-13(22)18-17-10(2)6-20-8-16-14(19-20)21(23)24/h3-5,8H,6-7H2,1-2H3,(H,18,22)/b17-10-. The SMILES string of the molecule is C/C(Cn1cnc([N+](=O)[O-])n1)=N/NC(=O)COc1ccc(Cl)c(C)c1. The first-order valence-electron chi connectivity index (χ1n) is 7.10. The Kier molecular flexibility index (Phi) is 6.01. The number of rotatable bonds is 7. The average molecular weight is 367 g/mol. The van der Waals surface area contributed by atoms with Crippen LogP contribution in [0.2, 0.25) is 5.02 Å². The van der Waals surface area contributed by atoms with E-state index >= 15 is 0 Å². The fourth-order valence-electron chi connectivity index (χ4n) is 1.76. The zero-order valence-electron chi connectivity index (χ0n) is 13.5. The molecule has 1 aromatic heterocycles. The van der Waals surface area contributed by atoms with E-state index in [9.17, 15) is 14.9 Å². The Morgan fingerprint density at radius 2 is 2.28 bits per heavy atom. The second kappa shape index (κ2) is 8.20. The predicted octanol–water partition coefficient (Wildman–Crippen LogP) is 1.72. The van der Waals surface area contributed by atoms with Gasteiger partial charge in [0.2, 0.25) is 6.33 Å². The van der Waals surface area contributed by atoms with E-state index in [2.05, 4.69) is 20.6 Å². The van der Waals surface area contributed by atoms with Gasteiger partial charge in [0, 0.05) is 10.1 Å². The lowest BCUT2D eigenvalue weighted by atomic mass is 10.2. The minimum atomic E-state index is -0.694. The van der Waals surface area contributed by atoms with Gasteiger partial charge >= 0.3 is 5.95 Å². The van der Waals surface area contributed by atoms with Gasteiger partial charge < -0.3 is 14.9 Å². The Morgan fingerprint density at radius 1 is 1.52 bits per heavy atom. The van der Waals surface area contributed by atoms with Gasteiger partial charge in [0.05, 0.1) is 12.3 Å². The molecule has 0 radical (unpaired) electrons. The summed E-state index contributed by atoms with van der Waals surface area (Å²) in [6.07, 6.45) is 1.21. The van der Waals surface area contributed by atoms with E-state index in [1.54, 1.807) is 25.1 Å². The largest absolute Gasteiger partial charge is 0.490 e. The third-order valence-electron chi connectivity index (χ3n) is 2.95. The minimum absolute atomic E-state index is 0.151. The highest BCUT2D eigenvalue weighted by Gasteiger charge is 2.13. The van der Waals surface area contributed by atoms with Crippen LogP contribution in [0.3, 0.4) is 0 Å². The number of hydrogen-bond acceptors (Lipinski definition) is 7. The molecule has 0 spiro atoms. The smallest absolute Gasteiger partial charge is 0.484 e. The second-order valence-electron chi connectivity index (χ2n) is 5.08. The third-order valence-corrected chi connectivity index (χ3v) is 3.37. The van der Waals surface area contributed by atoms with Crippen LogP contribution in [0.15, 0.2) is 29.6 Å². The molecule has 1 N–H and O–H groups in total. The molecule has 0 unspecified atom stereocenters. The molecule has 0 aliphatic carbocycles. The van der Waals surface area contributed by atoms with Crippen LogP contribution in [-0.2, 0) is 11.3 Å². The molecule has 25 heavy (non-hydrogen) atoms. The van der Waals surface area contributed by atoms with Crippen molar-refractivity contribution in [2.75, 3.05) is 6.61 Å². The average Bonchev–Trinajstić information content (AvgIpc) is 3.03. The van der Waals surface area contributed by atoms with Gasteiger partial charge in [-0.1, -0.05) is 16.6 Å².